The minimum absolute atomic E-state index is 0.321. The summed E-state index contributed by atoms with van der Waals surface area (Å²) >= 11 is 7.55. The highest BCUT2D eigenvalue weighted by atomic mass is 35.5. The Morgan fingerprint density at radius 3 is 2.69 bits per heavy atom. The zero-order chi connectivity index (χ0) is 11.7. The number of thiophene rings is 1. The van der Waals surface area contributed by atoms with Gasteiger partial charge in [-0.25, -0.2) is 4.79 Å². The first-order chi connectivity index (χ1) is 7.61. The van der Waals surface area contributed by atoms with Gasteiger partial charge in [-0.1, -0.05) is 23.7 Å². The van der Waals surface area contributed by atoms with Crippen molar-refractivity contribution in [1.29, 1.82) is 0 Å². The third-order valence-corrected chi connectivity index (χ3v) is 3.80. The predicted molar refractivity (Wildman–Crippen MR) is 66.5 cm³/mol. The molecular weight excluding hydrogens is 244 g/mol. The summed E-state index contributed by atoms with van der Waals surface area (Å²) in [6.07, 6.45) is 0. The summed E-state index contributed by atoms with van der Waals surface area (Å²) in [5.74, 6) is -0.910. The van der Waals surface area contributed by atoms with E-state index in [1.54, 1.807) is 19.1 Å². The first-order valence-corrected chi connectivity index (χ1v) is 5.93. The fourth-order valence-electron chi connectivity index (χ4n) is 1.60. The van der Waals surface area contributed by atoms with E-state index in [0.29, 0.717) is 10.6 Å². The zero-order valence-electron chi connectivity index (χ0n) is 8.53. The van der Waals surface area contributed by atoms with Gasteiger partial charge in [-0.15, -0.1) is 11.3 Å². The number of hydrogen-bond acceptors (Lipinski definition) is 2. The molecule has 1 heterocycles. The monoisotopic (exact) mass is 252 g/mol. The van der Waals surface area contributed by atoms with Gasteiger partial charge in [0, 0.05) is 0 Å². The van der Waals surface area contributed by atoms with Crippen LogP contribution < -0.4 is 0 Å². The molecule has 82 valence electrons. The summed E-state index contributed by atoms with van der Waals surface area (Å²) in [6.45, 7) is 1.80. The van der Waals surface area contributed by atoms with Crippen LogP contribution in [-0.4, -0.2) is 11.1 Å². The number of rotatable bonds is 2. The van der Waals surface area contributed by atoms with Gasteiger partial charge in [0.2, 0.25) is 0 Å². The van der Waals surface area contributed by atoms with Crippen LogP contribution in [0, 0.1) is 6.92 Å². The van der Waals surface area contributed by atoms with Crippen molar-refractivity contribution in [2.24, 2.45) is 0 Å². The highest BCUT2D eigenvalue weighted by Gasteiger charge is 2.13. The van der Waals surface area contributed by atoms with Gasteiger partial charge in [0.15, 0.2) is 0 Å². The Morgan fingerprint density at radius 1 is 1.38 bits per heavy atom. The molecule has 0 spiro atoms. The topological polar surface area (TPSA) is 37.3 Å². The molecule has 0 aliphatic heterocycles. The zero-order valence-corrected chi connectivity index (χ0v) is 10.1. The molecule has 1 aromatic heterocycles. The van der Waals surface area contributed by atoms with Crippen LogP contribution in [0.5, 0.6) is 0 Å². The van der Waals surface area contributed by atoms with E-state index in [0.717, 1.165) is 16.0 Å². The minimum Gasteiger partial charge on any atom is -0.478 e. The maximum absolute atomic E-state index is 11.0. The molecule has 2 rings (SSSR count). The summed E-state index contributed by atoms with van der Waals surface area (Å²) in [4.78, 5) is 11.9. The lowest BCUT2D eigenvalue weighted by molar-refractivity contribution is 0.0696. The molecule has 0 fully saturated rings. The summed E-state index contributed by atoms with van der Waals surface area (Å²) < 4.78 is 0. The van der Waals surface area contributed by atoms with Crippen molar-refractivity contribution in [2.45, 2.75) is 6.92 Å². The molecule has 0 aliphatic carbocycles. The van der Waals surface area contributed by atoms with E-state index in [1.165, 1.54) is 11.3 Å². The van der Waals surface area contributed by atoms with Crippen molar-refractivity contribution >= 4 is 28.9 Å². The summed E-state index contributed by atoms with van der Waals surface area (Å²) in [7, 11) is 0. The van der Waals surface area contributed by atoms with Gasteiger partial charge in [-0.3, -0.25) is 0 Å². The largest absolute Gasteiger partial charge is 0.478 e. The lowest BCUT2D eigenvalue weighted by Crippen LogP contribution is -2.00. The van der Waals surface area contributed by atoms with Gasteiger partial charge in [0.25, 0.3) is 0 Å². The average Bonchev–Trinajstić information content (AvgIpc) is 2.64. The fourth-order valence-corrected chi connectivity index (χ4v) is 2.84. The van der Waals surface area contributed by atoms with E-state index in [9.17, 15) is 4.79 Å². The Bertz CT molecular complexity index is 546. The molecule has 0 saturated heterocycles. The lowest BCUT2D eigenvalue weighted by Gasteiger charge is -2.07. The van der Waals surface area contributed by atoms with Crippen molar-refractivity contribution in [2.75, 3.05) is 0 Å². The maximum Gasteiger partial charge on any atom is 0.335 e. The van der Waals surface area contributed by atoms with Crippen LogP contribution in [0.2, 0.25) is 5.02 Å². The Labute approximate surface area is 102 Å². The Balaban J connectivity index is 2.63. The standard InChI is InChI=1S/C12H9ClO2S/c1-7-8(11-10(13)5-6-16-11)3-2-4-9(7)12(14)15/h2-6H,1H3,(H,14,15). The van der Waals surface area contributed by atoms with Crippen LogP contribution in [0.15, 0.2) is 29.6 Å². The van der Waals surface area contributed by atoms with Crippen molar-refractivity contribution in [3.63, 3.8) is 0 Å². The first-order valence-electron chi connectivity index (χ1n) is 4.67. The molecule has 0 radical (unpaired) electrons. The molecular formula is C12H9ClO2S. The number of carboxylic acids is 1. The minimum atomic E-state index is -0.910. The molecule has 0 aliphatic rings. The van der Waals surface area contributed by atoms with Crippen LogP contribution >= 0.6 is 22.9 Å². The summed E-state index contributed by atoms with van der Waals surface area (Å²) in [6, 6.07) is 7.04. The van der Waals surface area contributed by atoms with Gasteiger partial charge >= 0.3 is 5.97 Å². The van der Waals surface area contributed by atoms with E-state index in [-0.39, 0.29) is 0 Å². The maximum atomic E-state index is 11.0. The second-order valence-electron chi connectivity index (χ2n) is 3.38. The smallest absolute Gasteiger partial charge is 0.335 e. The third-order valence-electron chi connectivity index (χ3n) is 2.43. The van der Waals surface area contributed by atoms with Gasteiger partial charge in [0.1, 0.15) is 0 Å². The Morgan fingerprint density at radius 2 is 2.12 bits per heavy atom. The molecule has 0 amide bonds. The van der Waals surface area contributed by atoms with Gasteiger partial charge in [-0.05, 0) is 35.6 Å². The van der Waals surface area contributed by atoms with Crippen LogP contribution in [0.25, 0.3) is 10.4 Å². The molecule has 2 aromatic rings. The van der Waals surface area contributed by atoms with Crippen molar-refractivity contribution < 1.29 is 9.90 Å². The Hall–Kier alpha value is -1.32. The quantitative estimate of drug-likeness (QED) is 0.875. The number of hydrogen-bond donors (Lipinski definition) is 1. The van der Waals surface area contributed by atoms with Crippen LogP contribution in [0.3, 0.4) is 0 Å². The molecule has 0 unspecified atom stereocenters. The number of carboxylic acid groups (broad SMARTS) is 1. The van der Waals surface area contributed by atoms with E-state index >= 15 is 0 Å². The average molecular weight is 253 g/mol. The number of carbonyl (C=O) groups is 1. The van der Waals surface area contributed by atoms with Crippen LogP contribution in [-0.2, 0) is 0 Å². The second-order valence-corrected chi connectivity index (χ2v) is 4.70. The highest BCUT2D eigenvalue weighted by molar-refractivity contribution is 7.14. The molecule has 16 heavy (non-hydrogen) atoms. The SMILES string of the molecule is Cc1c(C(=O)O)cccc1-c1sccc1Cl. The number of benzene rings is 1. The number of aromatic carboxylic acids is 1. The number of halogens is 1. The van der Waals surface area contributed by atoms with Crippen molar-refractivity contribution in [1.82, 2.24) is 0 Å². The Kier molecular flexibility index (Phi) is 2.99. The molecule has 0 atom stereocenters. The molecule has 0 bridgehead atoms. The summed E-state index contributed by atoms with van der Waals surface area (Å²) in [5.41, 5.74) is 1.96. The fraction of sp³-hybridized carbons (Fsp3) is 0.0833. The molecule has 1 N–H and O–H groups in total. The lowest BCUT2D eigenvalue weighted by atomic mass is 10.0. The molecule has 0 saturated carbocycles. The van der Waals surface area contributed by atoms with E-state index < -0.39 is 5.97 Å². The van der Waals surface area contributed by atoms with Crippen LogP contribution in [0.1, 0.15) is 15.9 Å². The second kappa shape index (κ2) is 4.28. The van der Waals surface area contributed by atoms with Gasteiger partial charge in [-0.2, -0.15) is 0 Å². The van der Waals surface area contributed by atoms with Crippen molar-refractivity contribution in [3.05, 3.63) is 45.8 Å². The van der Waals surface area contributed by atoms with E-state index in [1.807, 2.05) is 17.5 Å². The van der Waals surface area contributed by atoms with Crippen molar-refractivity contribution in [3.8, 4) is 10.4 Å². The van der Waals surface area contributed by atoms with Gasteiger partial charge in [0.05, 0.1) is 15.5 Å². The molecule has 2 nitrogen and oxygen atoms in total. The van der Waals surface area contributed by atoms with Crippen LogP contribution in [0.4, 0.5) is 0 Å². The van der Waals surface area contributed by atoms with E-state index in [4.69, 9.17) is 16.7 Å². The van der Waals surface area contributed by atoms with E-state index in [2.05, 4.69) is 0 Å². The molecule has 4 heteroatoms. The normalized spacial score (nSPS) is 10.4. The highest BCUT2D eigenvalue weighted by Crippen LogP contribution is 2.35. The molecule has 1 aromatic carbocycles. The van der Waals surface area contributed by atoms with Gasteiger partial charge < -0.3 is 5.11 Å². The first kappa shape index (κ1) is 11.2. The predicted octanol–water partition coefficient (Wildman–Crippen LogP) is 4.08. The summed E-state index contributed by atoms with van der Waals surface area (Å²) in [5, 5.41) is 11.6. The third kappa shape index (κ3) is 1.84.